The molecule has 0 atom stereocenters. The zero-order chi connectivity index (χ0) is 13.3. The van der Waals surface area contributed by atoms with Crippen molar-refractivity contribution in [3.63, 3.8) is 0 Å². The summed E-state index contributed by atoms with van der Waals surface area (Å²) in [5.74, 6) is 0. The first-order chi connectivity index (χ1) is 8.36. The molecule has 2 nitrogen and oxygen atoms in total. The van der Waals surface area contributed by atoms with Gasteiger partial charge in [-0.2, -0.15) is 13.2 Å². The molecule has 0 unspecified atom stereocenters. The standard InChI is InChI=1S/C12H8ClF3N2/c1-7-2-4-8(5-3-7)9-6-10(12(14,15)16)18-11(13)17-9/h2-6H,1H3. The Kier molecular flexibility index (Phi) is 3.26. The van der Waals surface area contributed by atoms with Gasteiger partial charge in [-0.05, 0) is 24.6 Å². The first-order valence-corrected chi connectivity index (χ1v) is 5.43. The largest absolute Gasteiger partial charge is 0.433 e. The molecule has 94 valence electrons. The minimum absolute atomic E-state index is 0.155. The summed E-state index contributed by atoms with van der Waals surface area (Å²) < 4.78 is 37.7. The predicted octanol–water partition coefficient (Wildman–Crippen LogP) is 4.12. The molecule has 2 rings (SSSR count). The van der Waals surface area contributed by atoms with E-state index in [0.717, 1.165) is 11.6 Å². The fourth-order valence-corrected chi connectivity index (χ4v) is 1.62. The second-order valence-electron chi connectivity index (χ2n) is 3.77. The molecular weight excluding hydrogens is 265 g/mol. The van der Waals surface area contributed by atoms with Gasteiger partial charge in [0.2, 0.25) is 5.28 Å². The lowest BCUT2D eigenvalue weighted by molar-refractivity contribution is -0.141. The monoisotopic (exact) mass is 272 g/mol. The van der Waals surface area contributed by atoms with Crippen molar-refractivity contribution < 1.29 is 13.2 Å². The Balaban J connectivity index is 2.52. The highest BCUT2D eigenvalue weighted by Crippen LogP contribution is 2.31. The predicted molar refractivity (Wildman–Crippen MR) is 62.2 cm³/mol. The van der Waals surface area contributed by atoms with E-state index < -0.39 is 17.2 Å². The number of halogens is 4. The third kappa shape index (κ3) is 2.79. The average molecular weight is 273 g/mol. The maximum atomic E-state index is 12.6. The van der Waals surface area contributed by atoms with Gasteiger partial charge in [0.1, 0.15) is 5.69 Å². The van der Waals surface area contributed by atoms with Crippen LogP contribution in [0.2, 0.25) is 5.28 Å². The van der Waals surface area contributed by atoms with Crippen LogP contribution in [0.5, 0.6) is 0 Å². The van der Waals surface area contributed by atoms with Gasteiger partial charge in [0.15, 0.2) is 0 Å². The van der Waals surface area contributed by atoms with Gasteiger partial charge in [0, 0.05) is 5.56 Å². The lowest BCUT2D eigenvalue weighted by atomic mass is 10.1. The van der Waals surface area contributed by atoms with Crippen molar-refractivity contribution in [3.05, 3.63) is 46.9 Å². The molecule has 0 aliphatic heterocycles. The molecule has 0 saturated heterocycles. The van der Waals surface area contributed by atoms with Gasteiger partial charge in [-0.3, -0.25) is 0 Å². The lowest BCUT2D eigenvalue weighted by Gasteiger charge is -2.08. The van der Waals surface area contributed by atoms with Crippen LogP contribution in [0.25, 0.3) is 11.3 Å². The SMILES string of the molecule is Cc1ccc(-c2cc(C(F)(F)F)nc(Cl)n2)cc1. The van der Waals surface area contributed by atoms with Gasteiger partial charge in [0.25, 0.3) is 0 Å². The van der Waals surface area contributed by atoms with Gasteiger partial charge < -0.3 is 0 Å². The number of benzene rings is 1. The molecule has 2 aromatic rings. The van der Waals surface area contributed by atoms with Gasteiger partial charge in [-0.15, -0.1) is 0 Å². The quantitative estimate of drug-likeness (QED) is 0.730. The molecule has 1 heterocycles. The van der Waals surface area contributed by atoms with Crippen LogP contribution in [0.4, 0.5) is 13.2 Å². The topological polar surface area (TPSA) is 25.8 Å². The summed E-state index contributed by atoms with van der Waals surface area (Å²) in [5, 5.41) is -0.416. The van der Waals surface area contributed by atoms with Gasteiger partial charge in [-0.25, -0.2) is 9.97 Å². The van der Waals surface area contributed by atoms with Crippen molar-refractivity contribution in [2.75, 3.05) is 0 Å². The second-order valence-corrected chi connectivity index (χ2v) is 4.11. The Morgan fingerprint density at radius 1 is 1.06 bits per heavy atom. The number of aromatic nitrogens is 2. The molecule has 1 aromatic carbocycles. The third-order valence-corrected chi connectivity index (χ3v) is 2.51. The van der Waals surface area contributed by atoms with Crippen molar-refractivity contribution >= 4 is 11.6 Å². The molecule has 0 spiro atoms. The summed E-state index contributed by atoms with van der Waals surface area (Å²) in [6.07, 6.45) is -4.54. The highest BCUT2D eigenvalue weighted by molar-refractivity contribution is 6.28. The van der Waals surface area contributed by atoms with Crippen LogP contribution >= 0.6 is 11.6 Å². The van der Waals surface area contributed by atoms with E-state index in [1.54, 1.807) is 24.3 Å². The fourth-order valence-electron chi connectivity index (χ4n) is 1.44. The van der Waals surface area contributed by atoms with E-state index >= 15 is 0 Å². The summed E-state index contributed by atoms with van der Waals surface area (Å²) in [5.41, 5.74) is 0.686. The summed E-state index contributed by atoms with van der Waals surface area (Å²) in [6.45, 7) is 1.89. The van der Waals surface area contributed by atoms with Crippen LogP contribution in [0.3, 0.4) is 0 Å². The van der Waals surface area contributed by atoms with Gasteiger partial charge in [0.05, 0.1) is 5.69 Å². The van der Waals surface area contributed by atoms with Crippen molar-refractivity contribution in [1.29, 1.82) is 0 Å². The van der Waals surface area contributed by atoms with Crippen LogP contribution in [0.15, 0.2) is 30.3 Å². The molecular formula is C12H8ClF3N2. The number of alkyl halides is 3. The number of rotatable bonds is 1. The summed E-state index contributed by atoms with van der Waals surface area (Å²) in [6, 6.07) is 7.84. The molecule has 0 radical (unpaired) electrons. The minimum Gasteiger partial charge on any atom is -0.218 e. The van der Waals surface area contributed by atoms with Crippen molar-refractivity contribution in [2.24, 2.45) is 0 Å². The van der Waals surface area contributed by atoms with E-state index in [1.807, 2.05) is 6.92 Å². The second kappa shape index (κ2) is 4.57. The molecule has 18 heavy (non-hydrogen) atoms. The minimum atomic E-state index is -4.54. The van der Waals surface area contributed by atoms with Crippen LogP contribution in [-0.2, 0) is 6.18 Å². The molecule has 0 N–H and O–H groups in total. The summed E-state index contributed by atoms with van der Waals surface area (Å²) >= 11 is 5.51. The Hall–Kier alpha value is -1.62. The fraction of sp³-hybridized carbons (Fsp3) is 0.167. The summed E-state index contributed by atoms with van der Waals surface area (Å²) in [7, 11) is 0. The molecule has 6 heteroatoms. The highest BCUT2D eigenvalue weighted by Gasteiger charge is 2.33. The maximum absolute atomic E-state index is 12.6. The first-order valence-electron chi connectivity index (χ1n) is 5.05. The smallest absolute Gasteiger partial charge is 0.218 e. The third-order valence-electron chi connectivity index (χ3n) is 2.34. The van der Waals surface area contributed by atoms with Crippen LogP contribution < -0.4 is 0 Å². The van der Waals surface area contributed by atoms with Gasteiger partial charge in [-0.1, -0.05) is 29.8 Å². The van der Waals surface area contributed by atoms with E-state index in [1.165, 1.54) is 0 Å². The van der Waals surface area contributed by atoms with Crippen LogP contribution in [-0.4, -0.2) is 9.97 Å². The molecule has 1 aromatic heterocycles. The molecule has 0 aliphatic rings. The normalized spacial score (nSPS) is 11.6. The Labute approximate surface area is 106 Å². The van der Waals surface area contributed by atoms with E-state index in [4.69, 9.17) is 11.6 Å². The zero-order valence-corrected chi connectivity index (χ0v) is 10.0. The molecule has 0 bridgehead atoms. The van der Waals surface area contributed by atoms with E-state index in [-0.39, 0.29) is 5.69 Å². The lowest BCUT2D eigenvalue weighted by Crippen LogP contribution is -2.09. The number of aryl methyl sites for hydroxylation is 1. The molecule has 0 amide bonds. The van der Waals surface area contributed by atoms with E-state index in [9.17, 15) is 13.2 Å². The van der Waals surface area contributed by atoms with Crippen molar-refractivity contribution in [1.82, 2.24) is 9.97 Å². The van der Waals surface area contributed by atoms with Crippen molar-refractivity contribution in [2.45, 2.75) is 13.1 Å². The molecule has 0 fully saturated rings. The summed E-state index contributed by atoms with van der Waals surface area (Å²) in [4.78, 5) is 6.98. The van der Waals surface area contributed by atoms with Crippen molar-refractivity contribution in [3.8, 4) is 11.3 Å². The van der Waals surface area contributed by atoms with E-state index in [0.29, 0.717) is 5.56 Å². The van der Waals surface area contributed by atoms with Crippen LogP contribution in [0, 0.1) is 6.92 Å². The molecule has 0 aliphatic carbocycles. The molecule has 0 saturated carbocycles. The Morgan fingerprint density at radius 2 is 1.67 bits per heavy atom. The number of hydrogen-bond donors (Lipinski definition) is 0. The number of nitrogens with zero attached hydrogens (tertiary/aromatic N) is 2. The zero-order valence-electron chi connectivity index (χ0n) is 9.29. The Morgan fingerprint density at radius 3 is 2.22 bits per heavy atom. The highest BCUT2D eigenvalue weighted by atomic mass is 35.5. The average Bonchev–Trinajstić information content (AvgIpc) is 2.28. The first kappa shape index (κ1) is 12.8. The van der Waals surface area contributed by atoms with E-state index in [2.05, 4.69) is 9.97 Å². The van der Waals surface area contributed by atoms with Crippen LogP contribution in [0.1, 0.15) is 11.3 Å². The Bertz CT molecular complexity index is 565. The van der Waals surface area contributed by atoms with Gasteiger partial charge >= 0.3 is 6.18 Å². The maximum Gasteiger partial charge on any atom is 0.433 e. The number of hydrogen-bond acceptors (Lipinski definition) is 2.